The lowest BCUT2D eigenvalue weighted by Crippen LogP contribution is -2.14. The molecule has 1 heterocycles. The van der Waals surface area contributed by atoms with Crippen LogP contribution in [0, 0.1) is 12.9 Å². The van der Waals surface area contributed by atoms with Crippen LogP contribution < -0.4 is 10.1 Å². The van der Waals surface area contributed by atoms with Crippen LogP contribution in [0.25, 0.3) is 0 Å². The van der Waals surface area contributed by atoms with Gasteiger partial charge in [0.15, 0.2) is 0 Å². The van der Waals surface area contributed by atoms with Crippen molar-refractivity contribution in [1.82, 2.24) is 4.98 Å². The van der Waals surface area contributed by atoms with Gasteiger partial charge in [-0.25, -0.2) is 4.98 Å². The molecule has 126 valence electrons. The molecule has 0 atom stereocenters. The van der Waals surface area contributed by atoms with Crippen molar-refractivity contribution in [3.8, 4) is 11.5 Å². The minimum absolute atomic E-state index is 0.319. The molecule has 0 saturated heterocycles. The average Bonchev–Trinajstić information content (AvgIpc) is 2.55. The van der Waals surface area contributed by atoms with Gasteiger partial charge in [-0.2, -0.15) is 4.39 Å². The van der Waals surface area contributed by atoms with Gasteiger partial charge in [-0.1, -0.05) is 28.1 Å². The number of nitrogens with zero attached hydrogens (tertiary/aromatic N) is 1. The van der Waals surface area contributed by atoms with Crippen molar-refractivity contribution in [2.24, 2.45) is 0 Å². The zero-order valence-electron chi connectivity index (χ0n) is 13.3. The second kappa shape index (κ2) is 7.44. The number of rotatable bonds is 4. The number of amides is 1. The SMILES string of the molecule is Cc1nc(F)ccc1C(=O)Nc1cccc(Oc2cccc(Br)c2)c1. The molecule has 1 aromatic heterocycles. The molecule has 2 aromatic carbocycles. The van der Waals surface area contributed by atoms with Gasteiger partial charge >= 0.3 is 0 Å². The molecule has 0 fully saturated rings. The lowest BCUT2D eigenvalue weighted by Gasteiger charge is -2.10. The number of aryl methyl sites for hydroxylation is 1. The van der Waals surface area contributed by atoms with E-state index in [0.29, 0.717) is 28.4 Å². The smallest absolute Gasteiger partial charge is 0.257 e. The second-order valence-corrected chi connectivity index (χ2v) is 6.22. The summed E-state index contributed by atoms with van der Waals surface area (Å²) in [7, 11) is 0. The number of carbonyl (C=O) groups excluding carboxylic acids is 1. The lowest BCUT2D eigenvalue weighted by atomic mass is 10.2. The number of carbonyl (C=O) groups is 1. The Kier molecular flexibility index (Phi) is 5.09. The molecule has 0 radical (unpaired) electrons. The average molecular weight is 401 g/mol. The topological polar surface area (TPSA) is 51.2 Å². The van der Waals surface area contributed by atoms with Crippen molar-refractivity contribution >= 4 is 27.5 Å². The van der Waals surface area contributed by atoms with Crippen LogP contribution in [0.15, 0.2) is 65.1 Å². The Morgan fingerprint density at radius 1 is 1.08 bits per heavy atom. The van der Waals surface area contributed by atoms with E-state index in [2.05, 4.69) is 26.2 Å². The monoisotopic (exact) mass is 400 g/mol. The number of benzene rings is 2. The van der Waals surface area contributed by atoms with Gasteiger partial charge in [0.25, 0.3) is 5.91 Å². The normalized spacial score (nSPS) is 10.4. The third-order valence-electron chi connectivity index (χ3n) is 3.42. The molecule has 0 saturated carbocycles. The van der Waals surface area contributed by atoms with E-state index in [1.807, 2.05) is 24.3 Å². The van der Waals surface area contributed by atoms with Gasteiger partial charge in [-0.15, -0.1) is 0 Å². The highest BCUT2D eigenvalue weighted by molar-refractivity contribution is 9.10. The Balaban J connectivity index is 1.76. The van der Waals surface area contributed by atoms with Crippen LogP contribution in [0.4, 0.5) is 10.1 Å². The molecule has 3 aromatic rings. The van der Waals surface area contributed by atoms with Crippen LogP contribution >= 0.6 is 15.9 Å². The van der Waals surface area contributed by atoms with E-state index < -0.39 is 5.95 Å². The molecule has 3 rings (SSSR count). The van der Waals surface area contributed by atoms with Crippen LogP contribution in [-0.4, -0.2) is 10.9 Å². The number of ether oxygens (including phenoxy) is 1. The van der Waals surface area contributed by atoms with Crippen molar-refractivity contribution in [2.45, 2.75) is 6.92 Å². The number of pyridine rings is 1. The number of anilines is 1. The first-order chi connectivity index (χ1) is 12.0. The Bertz CT molecular complexity index is 931. The largest absolute Gasteiger partial charge is 0.457 e. The Hall–Kier alpha value is -2.73. The summed E-state index contributed by atoms with van der Waals surface area (Å²) in [5.74, 6) is 0.296. The first-order valence-corrected chi connectivity index (χ1v) is 8.28. The summed E-state index contributed by atoms with van der Waals surface area (Å²) in [5, 5.41) is 2.77. The molecule has 0 bridgehead atoms. The maximum atomic E-state index is 13.1. The van der Waals surface area contributed by atoms with Crippen LogP contribution in [0.5, 0.6) is 11.5 Å². The van der Waals surface area contributed by atoms with Crippen molar-refractivity contribution < 1.29 is 13.9 Å². The molecule has 1 N–H and O–H groups in total. The van der Waals surface area contributed by atoms with Crippen molar-refractivity contribution in [2.75, 3.05) is 5.32 Å². The van der Waals surface area contributed by atoms with Gasteiger partial charge in [-0.3, -0.25) is 4.79 Å². The summed E-state index contributed by atoms with van der Waals surface area (Å²) in [6, 6.07) is 17.1. The molecular weight excluding hydrogens is 387 g/mol. The van der Waals surface area contributed by atoms with Crippen LogP contribution in [-0.2, 0) is 0 Å². The predicted octanol–water partition coefficient (Wildman–Crippen LogP) is 5.34. The zero-order valence-corrected chi connectivity index (χ0v) is 14.9. The minimum Gasteiger partial charge on any atom is -0.457 e. The fourth-order valence-electron chi connectivity index (χ4n) is 2.27. The van der Waals surface area contributed by atoms with Gasteiger partial charge in [-0.05, 0) is 49.4 Å². The standard InChI is InChI=1S/C19H14BrFN2O2/c1-12-17(8-9-18(21)22-12)19(24)23-14-5-3-7-16(11-14)25-15-6-2-4-13(20)10-15/h2-11H,1H3,(H,23,24). The summed E-state index contributed by atoms with van der Waals surface area (Å²) >= 11 is 3.39. The first-order valence-electron chi connectivity index (χ1n) is 7.49. The van der Waals surface area contributed by atoms with Gasteiger partial charge < -0.3 is 10.1 Å². The predicted molar refractivity (Wildman–Crippen MR) is 97.5 cm³/mol. The molecule has 4 nitrogen and oxygen atoms in total. The molecule has 1 amide bonds. The van der Waals surface area contributed by atoms with E-state index in [9.17, 15) is 9.18 Å². The van der Waals surface area contributed by atoms with Crippen molar-refractivity contribution in [1.29, 1.82) is 0 Å². The highest BCUT2D eigenvalue weighted by Crippen LogP contribution is 2.26. The van der Waals surface area contributed by atoms with E-state index in [1.54, 1.807) is 31.2 Å². The van der Waals surface area contributed by atoms with Crippen LogP contribution in [0.2, 0.25) is 0 Å². The molecule has 25 heavy (non-hydrogen) atoms. The molecule has 6 heteroatoms. The molecule has 0 spiro atoms. The lowest BCUT2D eigenvalue weighted by molar-refractivity contribution is 0.102. The molecule has 0 aliphatic carbocycles. The third-order valence-corrected chi connectivity index (χ3v) is 3.91. The molecule has 0 aliphatic rings. The first kappa shape index (κ1) is 17.1. The quantitative estimate of drug-likeness (QED) is 0.601. The number of halogens is 2. The van der Waals surface area contributed by atoms with Crippen LogP contribution in [0.1, 0.15) is 16.1 Å². The number of hydrogen-bond donors (Lipinski definition) is 1. The summed E-state index contributed by atoms with van der Waals surface area (Å²) in [4.78, 5) is 16.0. The second-order valence-electron chi connectivity index (χ2n) is 5.31. The Morgan fingerprint density at radius 2 is 1.80 bits per heavy atom. The highest BCUT2D eigenvalue weighted by Gasteiger charge is 2.11. The van der Waals surface area contributed by atoms with Gasteiger partial charge in [0, 0.05) is 16.2 Å². The minimum atomic E-state index is -0.613. The summed E-state index contributed by atoms with van der Waals surface area (Å²) in [5.41, 5.74) is 1.22. The highest BCUT2D eigenvalue weighted by atomic mass is 79.9. The molecular formula is C19H14BrFN2O2. The van der Waals surface area contributed by atoms with Gasteiger partial charge in [0.1, 0.15) is 11.5 Å². The third kappa shape index (κ3) is 4.42. The van der Waals surface area contributed by atoms with Gasteiger partial charge in [0.05, 0.1) is 11.3 Å². The van der Waals surface area contributed by atoms with Crippen molar-refractivity contribution in [3.63, 3.8) is 0 Å². The van der Waals surface area contributed by atoms with E-state index in [4.69, 9.17) is 4.74 Å². The van der Waals surface area contributed by atoms with Crippen LogP contribution in [0.3, 0.4) is 0 Å². The maximum absolute atomic E-state index is 13.1. The molecule has 0 unspecified atom stereocenters. The Labute approximate surface area is 152 Å². The number of hydrogen-bond acceptors (Lipinski definition) is 3. The van der Waals surface area contributed by atoms with E-state index >= 15 is 0 Å². The molecule has 0 aliphatic heterocycles. The van der Waals surface area contributed by atoms with Crippen molar-refractivity contribution in [3.05, 3.63) is 82.3 Å². The maximum Gasteiger partial charge on any atom is 0.257 e. The number of nitrogens with one attached hydrogen (secondary N) is 1. The van der Waals surface area contributed by atoms with E-state index in [0.717, 1.165) is 10.5 Å². The summed E-state index contributed by atoms with van der Waals surface area (Å²) < 4.78 is 19.8. The number of aromatic nitrogens is 1. The summed E-state index contributed by atoms with van der Waals surface area (Å²) in [6.07, 6.45) is 0. The van der Waals surface area contributed by atoms with Gasteiger partial charge in [0.2, 0.25) is 5.95 Å². The fraction of sp³-hybridized carbons (Fsp3) is 0.0526. The zero-order chi connectivity index (χ0) is 17.8. The fourth-order valence-corrected chi connectivity index (χ4v) is 2.65. The van der Waals surface area contributed by atoms with E-state index in [-0.39, 0.29) is 5.91 Å². The van der Waals surface area contributed by atoms with E-state index in [1.165, 1.54) is 6.07 Å². The Morgan fingerprint density at radius 3 is 2.52 bits per heavy atom. The summed E-state index contributed by atoms with van der Waals surface area (Å²) in [6.45, 7) is 1.59.